The van der Waals surface area contributed by atoms with Crippen LogP contribution in [0.1, 0.15) is 66.0 Å². The smallest absolute Gasteiger partial charge is 0.170 e. The molecule has 5 rings (SSSR count). The van der Waals surface area contributed by atoms with Gasteiger partial charge in [-0.25, -0.2) is 4.98 Å². The van der Waals surface area contributed by atoms with Gasteiger partial charge < -0.3 is 14.8 Å². The van der Waals surface area contributed by atoms with Gasteiger partial charge in [-0.3, -0.25) is 4.98 Å². The number of thiocarbonyl (C=S) groups is 1. The molecule has 0 aromatic carbocycles. The number of aryl methyl sites for hydroxylation is 2. The van der Waals surface area contributed by atoms with Crippen molar-refractivity contribution in [1.29, 1.82) is 0 Å². The van der Waals surface area contributed by atoms with Crippen molar-refractivity contribution in [3.05, 3.63) is 77.0 Å². The van der Waals surface area contributed by atoms with E-state index in [4.69, 9.17) is 17.2 Å². The van der Waals surface area contributed by atoms with Crippen LogP contribution in [0.3, 0.4) is 0 Å². The van der Waals surface area contributed by atoms with Crippen molar-refractivity contribution in [3.8, 4) is 5.82 Å². The van der Waals surface area contributed by atoms with Crippen molar-refractivity contribution < 1.29 is 0 Å². The first-order chi connectivity index (χ1) is 15.0. The maximum Gasteiger partial charge on any atom is 0.170 e. The SMILES string of the molecule is Cc1ccnc(-n2c(C)cc([C@H]3[C@H](c4ccccn4)NC(=S)N3C3CCCC3)c2C)c1. The molecule has 0 spiro atoms. The van der Waals surface area contributed by atoms with Crippen molar-refractivity contribution in [2.24, 2.45) is 0 Å². The Bertz CT molecular complexity index is 1100. The predicted octanol–water partition coefficient (Wildman–Crippen LogP) is 5.11. The van der Waals surface area contributed by atoms with Crippen LogP contribution in [0.2, 0.25) is 0 Å². The third-order valence-electron chi connectivity index (χ3n) is 6.77. The van der Waals surface area contributed by atoms with Crippen molar-refractivity contribution in [2.75, 3.05) is 0 Å². The summed E-state index contributed by atoms with van der Waals surface area (Å²) >= 11 is 5.89. The molecule has 1 saturated carbocycles. The van der Waals surface area contributed by atoms with Gasteiger partial charge in [0, 0.05) is 29.8 Å². The topological polar surface area (TPSA) is 46.0 Å². The van der Waals surface area contributed by atoms with Gasteiger partial charge in [0.1, 0.15) is 5.82 Å². The largest absolute Gasteiger partial charge is 0.352 e. The van der Waals surface area contributed by atoms with Crippen LogP contribution in [0.4, 0.5) is 0 Å². The summed E-state index contributed by atoms with van der Waals surface area (Å²) in [6.45, 7) is 6.48. The van der Waals surface area contributed by atoms with E-state index in [1.165, 1.54) is 48.2 Å². The zero-order chi connectivity index (χ0) is 21.5. The Morgan fingerprint density at radius 1 is 1.00 bits per heavy atom. The highest BCUT2D eigenvalue weighted by molar-refractivity contribution is 7.80. The third-order valence-corrected chi connectivity index (χ3v) is 7.10. The lowest BCUT2D eigenvalue weighted by molar-refractivity contribution is 0.245. The minimum atomic E-state index is 0.0359. The van der Waals surface area contributed by atoms with E-state index in [0.717, 1.165) is 16.6 Å². The molecule has 1 aliphatic heterocycles. The molecule has 3 aromatic rings. The number of aromatic nitrogens is 3. The van der Waals surface area contributed by atoms with Crippen LogP contribution in [-0.2, 0) is 0 Å². The fourth-order valence-electron chi connectivity index (χ4n) is 5.36. The Hall–Kier alpha value is -2.73. The lowest BCUT2D eigenvalue weighted by atomic mass is 9.95. The first-order valence-electron chi connectivity index (χ1n) is 11.2. The Balaban J connectivity index is 1.64. The van der Waals surface area contributed by atoms with Crippen LogP contribution < -0.4 is 5.32 Å². The van der Waals surface area contributed by atoms with E-state index in [1.807, 2.05) is 24.5 Å². The molecular formula is C25H29N5S. The van der Waals surface area contributed by atoms with E-state index in [0.29, 0.717) is 6.04 Å². The van der Waals surface area contributed by atoms with Crippen LogP contribution in [0.15, 0.2) is 48.8 Å². The van der Waals surface area contributed by atoms with E-state index < -0.39 is 0 Å². The van der Waals surface area contributed by atoms with E-state index in [2.05, 4.69) is 64.8 Å². The van der Waals surface area contributed by atoms with Crippen molar-refractivity contribution in [2.45, 2.75) is 64.6 Å². The van der Waals surface area contributed by atoms with Gasteiger partial charge in [-0.2, -0.15) is 0 Å². The van der Waals surface area contributed by atoms with Gasteiger partial charge in [-0.1, -0.05) is 18.9 Å². The number of nitrogens with one attached hydrogen (secondary N) is 1. The summed E-state index contributed by atoms with van der Waals surface area (Å²) in [5.74, 6) is 0.969. The zero-order valence-corrected chi connectivity index (χ0v) is 19.2. The molecule has 1 aliphatic carbocycles. The molecule has 0 radical (unpaired) electrons. The third kappa shape index (κ3) is 3.53. The van der Waals surface area contributed by atoms with Gasteiger partial charge in [0.15, 0.2) is 5.11 Å². The molecule has 0 amide bonds. The lowest BCUT2D eigenvalue weighted by Gasteiger charge is -2.33. The molecule has 5 nitrogen and oxygen atoms in total. The van der Waals surface area contributed by atoms with Crippen LogP contribution in [0.5, 0.6) is 0 Å². The minimum absolute atomic E-state index is 0.0359. The quantitative estimate of drug-likeness (QED) is 0.582. The average molecular weight is 432 g/mol. The van der Waals surface area contributed by atoms with Crippen molar-refractivity contribution in [1.82, 2.24) is 24.8 Å². The summed E-state index contributed by atoms with van der Waals surface area (Å²) in [5.41, 5.74) is 5.96. The van der Waals surface area contributed by atoms with E-state index >= 15 is 0 Å². The van der Waals surface area contributed by atoms with Crippen LogP contribution in [-0.4, -0.2) is 30.6 Å². The maximum absolute atomic E-state index is 5.89. The molecule has 3 aromatic heterocycles. The second-order valence-corrected chi connectivity index (χ2v) is 9.21. The number of pyridine rings is 2. The molecule has 6 heteroatoms. The highest BCUT2D eigenvalue weighted by Crippen LogP contribution is 2.44. The molecule has 2 aliphatic rings. The van der Waals surface area contributed by atoms with Gasteiger partial charge in [-0.05, 0) is 87.3 Å². The van der Waals surface area contributed by atoms with E-state index in [-0.39, 0.29) is 12.1 Å². The molecule has 0 unspecified atom stereocenters. The Morgan fingerprint density at radius 3 is 2.52 bits per heavy atom. The molecule has 31 heavy (non-hydrogen) atoms. The second kappa shape index (κ2) is 8.08. The number of hydrogen-bond acceptors (Lipinski definition) is 3. The molecule has 0 bridgehead atoms. The molecule has 2 fully saturated rings. The van der Waals surface area contributed by atoms with Crippen molar-refractivity contribution in [3.63, 3.8) is 0 Å². The van der Waals surface area contributed by atoms with Crippen LogP contribution in [0.25, 0.3) is 5.82 Å². The van der Waals surface area contributed by atoms with E-state index in [1.54, 1.807) is 0 Å². The first kappa shape index (κ1) is 20.2. The summed E-state index contributed by atoms with van der Waals surface area (Å²) < 4.78 is 2.27. The lowest BCUT2D eigenvalue weighted by Crippen LogP contribution is -2.37. The van der Waals surface area contributed by atoms with Gasteiger partial charge in [0.05, 0.1) is 17.8 Å². The first-order valence-corrected chi connectivity index (χ1v) is 11.6. The molecule has 160 valence electrons. The molecule has 4 heterocycles. The monoisotopic (exact) mass is 431 g/mol. The van der Waals surface area contributed by atoms with Crippen LogP contribution in [0, 0.1) is 20.8 Å². The van der Waals surface area contributed by atoms with Gasteiger partial charge >= 0.3 is 0 Å². The van der Waals surface area contributed by atoms with Crippen LogP contribution >= 0.6 is 12.2 Å². The average Bonchev–Trinajstić information content (AvgIpc) is 3.46. The fourth-order valence-corrected chi connectivity index (χ4v) is 5.75. The molecule has 1 N–H and O–H groups in total. The molecule has 1 saturated heterocycles. The maximum atomic E-state index is 5.89. The zero-order valence-electron chi connectivity index (χ0n) is 18.4. The van der Waals surface area contributed by atoms with E-state index in [9.17, 15) is 0 Å². The van der Waals surface area contributed by atoms with Crippen molar-refractivity contribution >= 4 is 17.3 Å². The summed E-state index contributed by atoms with van der Waals surface area (Å²) in [6.07, 6.45) is 8.71. The normalized spacial score (nSPS) is 21.6. The predicted molar refractivity (Wildman–Crippen MR) is 127 cm³/mol. The summed E-state index contributed by atoms with van der Waals surface area (Å²) in [5, 5.41) is 4.47. The van der Waals surface area contributed by atoms with Gasteiger partial charge in [0.25, 0.3) is 0 Å². The summed E-state index contributed by atoms with van der Waals surface area (Å²) in [6, 6.07) is 13.3. The standard InChI is InChI=1S/C25H29N5S/c1-16-11-13-27-22(14-16)29-17(2)15-20(18(29)3)24-23(21-10-6-7-12-26-21)28-25(31)30(24)19-8-4-5-9-19/h6-7,10-15,19,23-24H,4-5,8-9H2,1-3H3,(H,28,31)/t23-,24-/m0/s1. The Labute approximate surface area is 189 Å². The second-order valence-electron chi connectivity index (χ2n) is 8.83. The fraction of sp³-hybridized carbons (Fsp3) is 0.400. The summed E-state index contributed by atoms with van der Waals surface area (Å²) in [4.78, 5) is 11.8. The molecule has 2 atom stereocenters. The number of hydrogen-bond donors (Lipinski definition) is 1. The number of rotatable bonds is 4. The van der Waals surface area contributed by atoms with Gasteiger partial charge in [-0.15, -0.1) is 0 Å². The highest BCUT2D eigenvalue weighted by Gasteiger charge is 2.44. The Kier molecular flexibility index (Phi) is 5.26. The molecular weight excluding hydrogens is 402 g/mol. The number of nitrogens with zero attached hydrogens (tertiary/aromatic N) is 4. The van der Waals surface area contributed by atoms with Gasteiger partial charge in [0.2, 0.25) is 0 Å². The Morgan fingerprint density at radius 2 is 1.81 bits per heavy atom. The summed E-state index contributed by atoms with van der Waals surface area (Å²) in [7, 11) is 0. The minimum Gasteiger partial charge on any atom is -0.352 e. The highest BCUT2D eigenvalue weighted by atomic mass is 32.1.